The Hall–Kier alpha value is -1.31. The van der Waals surface area contributed by atoms with E-state index in [-0.39, 0.29) is 29.9 Å². The first-order chi connectivity index (χ1) is 10.2. The van der Waals surface area contributed by atoms with Gasteiger partial charge in [-0.15, -0.1) is 24.0 Å². The number of carbonyl (C=O) groups excluding carboxylic acids is 1. The molecular weight excluding hydrogens is 405 g/mol. The van der Waals surface area contributed by atoms with E-state index in [2.05, 4.69) is 24.2 Å². The molecule has 130 valence electrons. The predicted molar refractivity (Wildman–Crippen MR) is 105 cm³/mol. The van der Waals surface area contributed by atoms with E-state index in [0.29, 0.717) is 24.0 Å². The highest BCUT2D eigenvalue weighted by Gasteiger charge is 2.17. The first-order valence-corrected chi connectivity index (χ1v) is 7.53. The van der Waals surface area contributed by atoms with Crippen molar-refractivity contribution in [2.24, 2.45) is 16.6 Å². The molecule has 3 N–H and O–H groups in total. The van der Waals surface area contributed by atoms with Crippen LogP contribution in [0, 0.1) is 5.92 Å². The number of esters is 1. The van der Waals surface area contributed by atoms with Crippen molar-refractivity contribution < 1.29 is 9.53 Å². The molecule has 0 saturated heterocycles. The summed E-state index contributed by atoms with van der Waals surface area (Å²) < 4.78 is 5.36. The molecule has 0 aliphatic carbocycles. The molecule has 0 aliphatic rings. The lowest BCUT2D eigenvalue weighted by Gasteiger charge is -2.19. The summed E-state index contributed by atoms with van der Waals surface area (Å²) in [5.74, 6) is 0.588. The molecule has 0 atom stereocenters. The Morgan fingerprint density at radius 2 is 2.00 bits per heavy atom. The highest BCUT2D eigenvalue weighted by Crippen LogP contribution is 2.13. The summed E-state index contributed by atoms with van der Waals surface area (Å²) in [5.41, 5.74) is 6.73. The number of nitrogens with two attached hydrogens (primary N) is 1. The molecule has 0 unspecified atom stereocenters. The van der Waals surface area contributed by atoms with E-state index < -0.39 is 5.60 Å². The number of ether oxygens (including phenoxy) is 1. The molecule has 0 bridgehead atoms. The molecule has 0 fully saturated rings. The number of nitrogens with one attached hydrogen (secondary N) is 1. The summed E-state index contributed by atoms with van der Waals surface area (Å²) >= 11 is 0. The largest absolute Gasteiger partial charge is 0.456 e. The smallest absolute Gasteiger partial charge is 0.338 e. The molecule has 0 amide bonds. The second-order valence-corrected chi connectivity index (χ2v) is 6.68. The minimum Gasteiger partial charge on any atom is -0.456 e. The molecule has 0 saturated carbocycles. The van der Waals surface area contributed by atoms with Gasteiger partial charge in [0, 0.05) is 6.54 Å². The number of rotatable bonds is 5. The average Bonchev–Trinajstić information content (AvgIpc) is 2.41. The Morgan fingerprint density at radius 3 is 2.57 bits per heavy atom. The van der Waals surface area contributed by atoms with Crippen LogP contribution in [0.2, 0.25) is 0 Å². The standard InChI is InChI=1S/C17H27N3O2.HI/c1-12(2)10-19-16(18)20-11-13-7-6-8-14(9-13)15(21)22-17(3,4)5;/h6-9,12H,10-11H2,1-5H3,(H3,18,19,20);1H. The highest BCUT2D eigenvalue weighted by molar-refractivity contribution is 14.0. The Bertz CT molecular complexity index is 537. The summed E-state index contributed by atoms with van der Waals surface area (Å²) in [6.45, 7) is 11.0. The van der Waals surface area contributed by atoms with Gasteiger partial charge in [0.15, 0.2) is 5.96 Å². The van der Waals surface area contributed by atoms with E-state index in [1.807, 2.05) is 32.9 Å². The lowest BCUT2D eigenvalue weighted by atomic mass is 10.1. The maximum Gasteiger partial charge on any atom is 0.338 e. The molecule has 0 aromatic heterocycles. The van der Waals surface area contributed by atoms with Gasteiger partial charge in [-0.05, 0) is 44.4 Å². The minimum atomic E-state index is -0.504. The van der Waals surface area contributed by atoms with Gasteiger partial charge in [0.2, 0.25) is 0 Å². The molecule has 0 radical (unpaired) electrons. The first kappa shape index (κ1) is 21.7. The fourth-order valence-corrected chi connectivity index (χ4v) is 1.67. The Morgan fingerprint density at radius 1 is 1.35 bits per heavy atom. The average molecular weight is 433 g/mol. The molecule has 5 nitrogen and oxygen atoms in total. The molecule has 0 spiro atoms. The zero-order chi connectivity index (χ0) is 16.8. The molecule has 23 heavy (non-hydrogen) atoms. The minimum absolute atomic E-state index is 0. The highest BCUT2D eigenvalue weighted by atomic mass is 127. The van der Waals surface area contributed by atoms with Crippen LogP contribution in [-0.4, -0.2) is 24.1 Å². The van der Waals surface area contributed by atoms with Crippen LogP contribution < -0.4 is 11.1 Å². The van der Waals surface area contributed by atoms with E-state index in [1.54, 1.807) is 12.1 Å². The quantitative estimate of drug-likeness (QED) is 0.323. The van der Waals surface area contributed by atoms with Gasteiger partial charge < -0.3 is 15.8 Å². The zero-order valence-corrected chi connectivity index (χ0v) is 16.9. The van der Waals surface area contributed by atoms with E-state index in [0.717, 1.165) is 12.1 Å². The third-order valence-corrected chi connectivity index (χ3v) is 2.68. The zero-order valence-electron chi connectivity index (χ0n) is 14.6. The number of guanidine groups is 1. The Balaban J connectivity index is 0.00000484. The Kier molecular flexibility index (Phi) is 9.19. The summed E-state index contributed by atoms with van der Waals surface area (Å²) in [6, 6.07) is 7.25. The van der Waals surface area contributed by atoms with Crippen molar-refractivity contribution in [3.63, 3.8) is 0 Å². The van der Waals surface area contributed by atoms with E-state index in [4.69, 9.17) is 10.5 Å². The van der Waals surface area contributed by atoms with E-state index >= 15 is 0 Å². The summed E-state index contributed by atoms with van der Waals surface area (Å²) in [5, 5.41) is 3.06. The van der Waals surface area contributed by atoms with Gasteiger partial charge in [0.05, 0.1) is 12.1 Å². The fraction of sp³-hybridized carbons (Fsp3) is 0.529. The number of aliphatic imine (C=N–C) groups is 1. The van der Waals surface area contributed by atoms with Crippen LogP contribution >= 0.6 is 24.0 Å². The van der Waals surface area contributed by atoms with Crippen molar-refractivity contribution in [3.05, 3.63) is 35.4 Å². The van der Waals surface area contributed by atoms with Gasteiger partial charge in [-0.2, -0.15) is 0 Å². The SMILES string of the molecule is CC(C)CNC(N)=NCc1cccc(C(=O)OC(C)(C)C)c1.I. The molecule has 0 aliphatic heterocycles. The molecule has 1 aromatic carbocycles. The van der Waals surface area contributed by atoms with Crippen molar-refractivity contribution in [2.45, 2.75) is 46.8 Å². The maximum absolute atomic E-state index is 12.0. The fourth-order valence-electron chi connectivity index (χ4n) is 1.67. The second-order valence-electron chi connectivity index (χ2n) is 6.68. The Labute approximate surface area is 156 Å². The van der Waals surface area contributed by atoms with Crippen LogP contribution in [0.4, 0.5) is 0 Å². The normalized spacial score (nSPS) is 11.8. The lowest BCUT2D eigenvalue weighted by Crippen LogP contribution is -2.34. The van der Waals surface area contributed by atoms with Crippen LogP contribution in [0.3, 0.4) is 0 Å². The van der Waals surface area contributed by atoms with Gasteiger partial charge in [0.25, 0.3) is 0 Å². The van der Waals surface area contributed by atoms with Crippen molar-refractivity contribution in [1.29, 1.82) is 0 Å². The maximum atomic E-state index is 12.0. The van der Waals surface area contributed by atoms with Crippen molar-refractivity contribution >= 4 is 35.9 Å². The lowest BCUT2D eigenvalue weighted by molar-refractivity contribution is 0.00694. The molecule has 0 heterocycles. The van der Waals surface area contributed by atoms with Crippen molar-refractivity contribution in [1.82, 2.24) is 5.32 Å². The second kappa shape index (κ2) is 9.75. The topological polar surface area (TPSA) is 76.7 Å². The third-order valence-electron chi connectivity index (χ3n) is 2.68. The van der Waals surface area contributed by atoms with Crippen LogP contribution in [0.15, 0.2) is 29.3 Å². The van der Waals surface area contributed by atoms with Gasteiger partial charge in [-0.3, -0.25) is 0 Å². The van der Waals surface area contributed by atoms with Crippen molar-refractivity contribution in [3.8, 4) is 0 Å². The molecule has 1 aromatic rings. The van der Waals surface area contributed by atoms with Gasteiger partial charge >= 0.3 is 5.97 Å². The summed E-state index contributed by atoms with van der Waals surface area (Å²) in [6.07, 6.45) is 0. The number of nitrogens with zero attached hydrogens (tertiary/aromatic N) is 1. The monoisotopic (exact) mass is 433 g/mol. The number of carbonyl (C=O) groups is 1. The number of halogens is 1. The van der Waals surface area contributed by atoms with E-state index in [9.17, 15) is 4.79 Å². The number of benzene rings is 1. The van der Waals surface area contributed by atoms with Gasteiger partial charge in [0.1, 0.15) is 5.60 Å². The van der Waals surface area contributed by atoms with Crippen LogP contribution in [0.25, 0.3) is 0 Å². The summed E-state index contributed by atoms with van der Waals surface area (Å²) in [7, 11) is 0. The predicted octanol–water partition coefficient (Wildman–Crippen LogP) is 3.32. The van der Waals surface area contributed by atoms with Gasteiger partial charge in [-0.25, -0.2) is 9.79 Å². The molecule has 6 heteroatoms. The third kappa shape index (κ3) is 9.43. The van der Waals surface area contributed by atoms with Crippen molar-refractivity contribution in [2.75, 3.05) is 6.54 Å². The number of hydrogen-bond donors (Lipinski definition) is 2. The van der Waals surface area contributed by atoms with Crippen LogP contribution in [0.5, 0.6) is 0 Å². The van der Waals surface area contributed by atoms with Crippen LogP contribution in [0.1, 0.15) is 50.5 Å². The molecule has 1 rings (SSSR count). The van der Waals surface area contributed by atoms with Crippen LogP contribution in [-0.2, 0) is 11.3 Å². The van der Waals surface area contributed by atoms with E-state index in [1.165, 1.54) is 0 Å². The molecular formula is C17H28IN3O2. The summed E-state index contributed by atoms with van der Waals surface area (Å²) in [4.78, 5) is 16.3. The first-order valence-electron chi connectivity index (χ1n) is 7.53. The van der Waals surface area contributed by atoms with Gasteiger partial charge in [-0.1, -0.05) is 26.0 Å². The number of hydrogen-bond acceptors (Lipinski definition) is 3.